The average molecular weight is 281 g/mol. The summed E-state index contributed by atoms with van der Waals surface area (Å²) in [4.78, 5) is 23.6. The summed E-state index contributed by atoms with van der Waals surface area (Å²) in [5.74, 6) is -0.202. The molecule has 1 aliphatic carbocycles. The summed E-state index contributed by atoms with van der Waals surface area (Å²) < 4.78 is 5.58. The zero-order valence-corrected chi connectivity index (χ0v) is 13.1. The van der Waals surface area contributed by atoms with Crippen molar-refractivity contribution in [1.29, 1.82) is 0 Å². The van der Waals surface area contributed by atoms with E-state index in [4.69, 9.17) is 4.74 Å². The third-order valence-electron chi connectivity index (χ3n) is 4.11. The molecular formula is C16H27NO3. The van der Waals surface area contributed by atoms with E-state index in [0.29, 0.717) is 5.57 Å². The zero-order chi connectivity index (χ0) is 15.3. The Bertz CT molecular complexity index is 379. The molecule has 0 aliphatic heterocycles. The van der Waals surface area contributed by atoms with Gasteiger partial charge in [0.05, 0.1) is 5.41 Å². The number of rotatable bonds is 5. The summed E-state index contributed by atoms with van der Waals surface area (Å²) in [7, 11) is 0. The molecule has 114 valence electrons. The van der Waals surface area contributed by atoms with Crippen LogP contribution in [0.1, 0.15) is 59.8 Å². The third kappa shape index (κ3) is 4.66. The van der Waals surface area contributed by atoms with Crippen LogP contribution in [0, 0.1) is 5.41 Å². The van der Waals surface area contributed by atoms with Gasteiger partial charge in [-0.05, 0) is 52.9 Å². The molecule has 0 aromatic rings. The Balaban J connectivity index is 2.38. The second-order valence-corrected chi connectivity index (χ2v) is 6.37. The fourth-order valence-corrected chi connectivity index (χ4v) is 2.09. The first-order valence-corrected chi connectivity index (χ1v) is 7.43. The number of carbonyl (C=O) groups is 2. The molecule has 0 radical (unpaired) electrons. The van der Waals surface area contributed by atoms with Crippen LogP contribution in [0.15, 0.2) is 12.2 Å². The Morgan fingerprint density at radius 3 is 2.25 bits per heavy atom. The summed E-state index contributed by atoms with van der Waals surface area (Å²) in [5, 5.41) is 2.95. The van der Waals surface area contributed by atoms with E-state index >= 15 is 0 Å². The molecule has 1 saturated carbocycles. The molecule has 0 aromatic heterocycles. The normalized spacial score (nSPS) is 23.0. The van der Waals surface area contributed by atoms with Crippen molar-refractivity contribution < 1.29 is 14.3 Å². The maximum absolute atomic E-state index is 12.0. The lowest BCUT2D eigenvalue weighted by Gasteiger charge is -2.31. The Kier molecular flexibility index (Phi) is 5.78. The highest BCUT2D eigenvalue weighted by atomic mass is 16.5. The lowest BCUT2D eigenvalue weighted by Crippen LogP contribution is -2.40. The number of carbonyl (C=O) groups excluding carboxylic acids is 2. The summed E-state index contributed by atoms with van der Waals surface area (Å²) in [6.07, 6.45) is 4.09. The largest absolute Gasteiger partial charge is 0.462 e. The predicted octanol–water partition coefficient (Wildman–Crippen LogP) is 2.97. The third-order valence-corrected chi connectivity index (χ3v) is 4.11. The van der Waals surface area contributed by atoms with Gasteiger partial charge in [-0.3, -0.25) is 9.59 Å². The standard InChI is InChI=1S/C16H27NO3/c1-6-16(4,5)15(19)20-13-9-7-12(8-10-13)17-14(18)11(2)3/h12-13H,2,6-10H2,1,3-5H3,(H,17,18). The summed E-state index contributed by atoms with van der Waals surface area (Å²) >= 11 is 0. The molecule has 0 bridgehead atoms. The predicted molar refractivity (Wildman–Crippen MR) is 79.2 cm³/mol. The molecule has 20 heavy (non-hydrogen) atoms. The van der Waals surface area contributed by atoms with Gasteiger partial charge in [0.25, 0.3) is 0 Å². The van der Waals surface area contributed by atoms with E-state index in [-0.39, 0.29) is 24.0 Å². The highest BCUT2D eigenvalue weighted by molar-refractivity contribution is 5.92. The smallest absolute Gasteiger partial charge is 0.311 e. The molecule has 1 amide bonds. The molecule has 0 saturated heterocycles. The summed E-state index contributed by atoms with van der Waals surface area (Å²) in [6, 6.07) is 0.174. The van der Waals surface area contributed by atoms with E-state index in [2.05, 4.69) is 11.9 Å². The highest BCUT2D eigenvalue weighted by Crippen LogP contribution is 2.27. The minimum Gasteiger partial charge on any atom is -0.462 e. The zero-order valence-electron chi connectivity index (χ0n) is 13.1. The SMILES string of the molecule is C=C(C)C(=O)NC1CCC(OC(=O)C(C)(C)CC)CC1. The van der Waals surface area contributed by atoms with Crippen LogP contribution in [-0.4, -0.2) is 24.0 Å². The van der Waals surface area contributed by atoms with Gasteiger partial charge >= 0.3 is 5.97 Å². The monoisotopic (exact) mass is 281 g/mol. The van der Waals surface area contributed by atoms with Crippen molar-refractivity contribution in [2.75, 3.05) is 0 Å². The number of hydrogen-bond acceptors (Lipinski definition) is 3. The maximum atomic E-state index is 12.0. The first-order chi connectivity index (χ1) is 9.26. The maximum Gasteiger partial charge on any atom is 0.311 e. The Morgan fingerprint density at radius 1 is 1.25 bits per heavy atom. The second-order valence-electron chi connectivity index (χ2n) is 6.37. The van der Waals surface area contributed by atoms with Crippen molar-refractivity contribution >= 4 is 11.9 Å². The molecule has 0 aromatic carbocycles. The van der Waals surface area contributed by atoms with Gasteiger partial charge in [-0.25, -0.2) is 0 Å². The van der Waals surface area contributed by atoms with Gasteiger partial charge < -0.3 is 10.1 Å². The molecular weight excluding hydrogens is 254 g/mol. The number of ether oxygens (including phenoxy) is 1. The number of nitrogens with one attached hydrogen (secondary N) is 1. The molecule has 0 spiro atoms. The first kappa shape index (κ1) is 16.7. The van der Waals surface area contributed by atoms with Gasteiger partial charge in [0, 0.05) is 11.6 Å². The van der Waals surface area contributed by atoms with E-state index in [0.717, 1.165) is 32.1 Å². The molecule has 4 nitrogen and oxygen atoms in total. The van der Waals surface area contributed by atoms with Crippen LogP contribution in [0.2, 0.25) is 0 Å². The van der Waals surface area contributed by atoms with Crippen LogP contribution in [0.25, 0.3) is 0 Å². The Morgan fingerprint density at radius 2 is 1.80 bits per heavy atom. The van der Waals surface area contributed by atoms with Crippen molar-refractivity contribution in [2.24, 2.45) is 5.41 Å². The van der Waals surface area contributed by atoms with E-state index < -0.39 is 5.41 Å². The molecule has 1 N–H and O–H groups in total. The van der Waals surface area contributed by atoms with Crippen molar-refractivity contribution in [3.05, 3.63) is 12.2 Å². The van der Waals surface area contributed by atoms with Crippen molar-refractivity contribution in [2.45, 2.75) is 71.9 Å². The van der Waals surface area contributed by atoms with Gasteiger partial charge in [0.1, 0.15) is 6.10 Å². The van der Waals surface area contributed by atoms with Gasteiger partial charge in [-0.15, -0.1) is 0 Å². The van der Waals surface area contributed by atoms with E-state index in [1.54, 1.807) is 6.92 Å². The lowest BCUT2D eigenvalue weighted by molar-refractivity contribution is -0.161. The average Bonchev–Trinajstić information content (AvgIpc) is 2.40. The van der Waals surface area contributed by atoms with E-state index in [9.17, 15) is 9.59 Å². The lowest BCUT2D eigenvalue weighted by atomic mass is 9.89. The first-order valence-electron chi connectivity index (χ1n) is 7.43. The topological polar surface area (TPSA) is 55.4 Å². The van der Waals surface area contributed by atoms with Crippen LogP contribution in [0.5, 0.6) is 0 Å². The van der Waals surface area contributed by atoms with Crippen LogP contribution in [-0.2, 0) is 14.3 Å². The fourth-order valence-electron chi connectivity index (χ4n) is 2.09. The van der Waals surface area contributed by atoms with Gasteiger partial charge in [-0.1, -0.05) is 13.5 Å². The highest BCUT2D eigenvalue weighted by Gasteiger charge is 2.31. The van der Waals surface area contributed by atoms with Crippen molar-refractivity contribution in [1.82, 2.24) is 5.32 Å². The molecule has 0 unspecified atom stereocenters. The van der Waals surface area contributed by atoms with Crippen molar-refractivity contribution in [3.63, 3.8) is 0 Å². The van der Waals surface area contributed by atoms with E-state index in [1.165, 1.54) is 0 Å². The van der Waals surface area contributed by atoms with Crippen LogP contribution < -0.4 is 5.32 Å². The quantitative estimate of drug-likeness (QED) is 0.622. The van der Waals surface area contributed by atoms with Crippen molar-refractivity contribution in [3.8, 4) is 0 Å². The van der Waals surface area contributed by atoms with Gasteiger partial charge in [-0.2, -0.15) is 0 Å². The van der Waals surface area contributed by atoms with Crippen LogP contribution in [0.3, 0.4) is 0 Å². The van der Waals surface area contributed by atoms with Crippen LogP contribution >= 0.6 is 0 Å². The number of esters is 1. The Hall–Kier alpha value is -1.32. The van der Waals surface area contributed by atoms with E-state index in [1.807, 2.05) is 20.8 Å². The molecule has 1 fully saturated rings. The minimum atomic E-state index is -0.412. The minimum absolute atomic E-state index is 0.00805. The molecule has 1 rings (SSSR count). The summed E-state index contributed by atoms with van der Waals surface area (Å²) in [6.45, 7) is 11.1. The van der Waals surface area contributed by atoms with Gasteiger partial charge in [0.2, 0.25) is 5.91 Å². The number of hydrogen-bond donors (Lipinski definition) is 1. The van der Waals surface area contributed by atoms with Crippen LogP contribution in [0.4, 0.5) is 0 Å². The number of amides is 1. The fraction of sp³-hybridized carbons (Fsp3) is 0.750. The Labute approximate surface area is 122 Å². The molecule has 0 heterocycles. The molecule has 0 atom stereocenters. The molecule has 4 heteroatoms. The second kappa shape index (κ2) is 6.91. The summed E-state index contributed by atoms with van der Waals surface area (Å²) in [5.41, 5.74) is 0.119. The molecule has 1 aliphatic rings. The van der Waals surface area contributed by atoms with Gasteiger partial charge in [0.15, 0.2) is 0 Å².